The van der Waals surface area contributed by atoms with E-state index in [1.165, 1.54) is 6.42 Å². The van der Waals surface area contributed by atoms with E-state index in [1.807, 2.05) is 0 Å². The molecule has 3 atom stereocenters. The molecule has 0 aromatic heterocycles. The SMILES string of the molecule is CCC1(C)CNC(C(C)C)CN1C(C)COC. The quantitative estimate of drug-likeness (QED) is 0.799. The average Bonchev–Trinajstić information content (AvgIpc) is 2.29. The summed E-state index contributed by atoms with van der Waals surface area (Å²) in [5, 5.41) is 3.70. The van der Waals surface area contributed by atoms with Gasteiger partial charge in [-0.2, -0.15) is 0 Å². The third-order valence-electron chi connectivity index (χ3n) is 4.34. The van der Waals surface area contributed by atoms with Crippen LogP contribution in [0.1, 0.15) is 41.0 Å². The number of piperazine rings is 1. The lowest BCUT2D eigenvalue weighted by Crippen LogP contribution is -2.66. The van der Waals surface area contributed by atoms with Gasteiger partial charge in [0.15, 0.2) is 0 Å². The zero-order chi connectivity index (χ0) is 13.1. The summed E-state index contributed by atoms with van der Waals surface area (Å²) in [7, 11) is 1.79. The van der Waals surface area contributed by atoms with Gasteiger partial charge in [0.05, 0.1) is 6.61 Å². The predicted molar refractivity (Wildman–Crippen MR) is 73.4 cm³/mol. The molecule has 3 heteroatoms. The average molecular weight is 242 g/mol. The van der Waals surface area contributed by atoms with Crippen LogP contribution in [0.5, 0.6) is 0 Å². The molecule has 0 spiro atoms. The van der Waals surface area contributed by atoms with Crippen LogP contribution in [0.15, 0.2) is 0 Å². The molecule has 102 valence electrons. The second-order valence-corrected chi connectivity index (χ2v) is 6.04. The number of nitrogens with zero attached hydrogens (tertiary/aromatic N) is 1. The van der Waals surface area contributed by atoms with Crippen LogP contribution in [-0.2, 0) is 4.74 Å². The predicted octanol–water partition coefficient (Wildman–Crippen LogP) is 2.12. The molecule has 1 aliphatic rings. The number of hydrogen-bond acceptors (Lipinski definition) is 3. The Bertz CT molecular complexity index is 232. The molecule has 0 amide bonds. The van der Waals surface area contributed by atoms with Gasteiger partial charge in [-0.1, -0.05) is 20.8 Å². The monoisotopic (exact) mass is 242 g/mol. The van der Waals surface area contributed by atoms with Gasteiger partial charge in [0, 0.05) is 37.8 Å². The first-order valence-corrected chi connectivity index (χ1v) is 6.93. The molecule has 1 heterocycles. The Kier molecular flexibility index (Phi) is 5.42. The Hall–Kier alpha value is -0.120. The van der Waals surface area contributed by atoms with Crippen molar-refractivity contribution in [2.75, 3.05) is 26.8 Å². The molecule has 3 unspecified atom stereocenters. The van der Waals surface area contributed by atoms with Crippen LogP contribution in [0.4, 0.5) is 0 Å². The van der Waals surface area contributed by atoms with Crippen molar-refractivity contribution in [3.63, 3.8) is 0 Å². The van der Waals surface area contributed by atoms with Crippen molar-refractivity contribution in [2.24, 2.45) is 5.92 Å². The Labute approximate surface area is 107 Å². The molecule has 0 aliphatic carbocycles. The van der Waals surface area contributed by atoms with Gasteiger partial charge in [0.2, 0.25) is 0 Å². The van der Waals surface area contributed by atoms with E-state index in [-0.39, 0.29) is 5.54 Å². The number of methoxy groups -OCH3 is 1. The topological polar surface area (TPSA) is 24.5 Å². The maximum atomic E-state index is 5.33. The van der Waals surface area contributed by atoms with E-state index < -0.39 is 0 Å². The third-order valence-corrected chi connectivity index (χ3v) is 4.34. The zero-order valence-corrected chi connectivity index (χ0v) is 12.4. The zero-order valence-electron chi connectivity index (χ0n) is 12.4. The van der Waals surface area contributed by atoms with Crippen molar-refractivity contribution in [3.8, 4) is 0 Å². The Morgan fingerprint density at radius 3 is 2.53 bits per heavy atom. The summed E-state index contributed by atoms with van der Waals surface area (Å²) in [5.41, 5.74) is 0.267. The molecular formula is C14H30N2O. The fourth-order valence-electron chi connectivity index (χ4n) is 2.77. The Morgan fingerprint density at radius 1 is 1.41 bits per heavy atom. The molecule has 1 N–H and O–H groups in total. The van der Waals surface area contributed by atoms with Crippen LogP contribution in [0.25, 0.3) is 0 Å². The smallest absolute Gasteiger partial charge is 0.0615 e. The summed E-state index contributed by atoms with van der Waals surface area (Å²) in [4.78, 5) is 2.64. The fraction of sp³-hybridized carbons (Fsp3) is 1.00. The van der Waals surface area contributed by atoms with Crippen molar-refractivity contribution in [1.82, 2.24) is 10.2 Å². The van der Waals surface area contributed by atoms with Gasteiger partial charge in [-0.15, -0.1) is 0 Å². The summed E-state index contributed by atoms with van der Waals surface area (Å²) >= 11 is 0. The van der Waals surface area contributed by atoms with Gasteiger partial charge >= 0.3 is 0 Å². The van der Waals surface area contributed by atoms with Crippen molar-refractivity contribution in [3.05, 3.63) is 0 Å². The normalized spacial score (nSPS) is 33.0. The van der Waals surface area contributed by atoms with Crippen LogP contribution >= 0.6 is 0 Å². The summed E-state index contributed by atoms with van der Waals surface area (Å²) < 4.78 is 5.33. The Balaban J connectivity index is 2.76. The number of ether oxygens (including phenoxy) is 1. The molecule has 1 rings (SSSR count). The van der Waals surface area contributed by atoms with Crippen molar-refractivity contribution < 1.29 is 4.74 Å². The third kappa shape index (κ3) is 3.43. The van der Waals surface area contributed by atoms with Crippen LogP contribution in [-0.4, -0.2) is 49.3 Å². The molecule has 0 aromatic rings. The highest BCUT2D eigenvalue weighted by Gasteiger charge is 2.39. The van der Waals surface area contributed by atoms with Crippen molar-refractivity contribution in [2.45, 2.75) is 58.7 Å². The van der Waals surface area contributed by atoms with E-state index >= 15 is 0 Å². The highest BCUT2D eigenvalue weighted by molar-refractivity contribution is 4.97. The first kappa shape index (κ1) is 14.9. The van der Waals surface area contributed by atoms with Crippen LogP contribution in [0.2, 0.25) is 0 Å². The standard InChI is InChI=1S/C14H30N2O/c1-7-14(5)10-15-13(11(2)3)8-16(14)12(4)9-17-6/h11-13,15H,7-10H2,1-6H3. The van der Waals surface area contributed by atoms with E-state index in [9.17, 15) is 0 Å². The van der Waals surface area contributed by atoms with Crippen LogP contribution in [0, 0.1) is 5.92 Å². The van der Waals surface area contributed by atoms with E-state index in [1.54, 1.807) is 7.11 Å². The maximum absolute atomic E-state index is 5.33. The first-order valence-electron chi connectivity index (χ1n) is 6.93. The lowest BCUT2D eigenvalue weighted by Gasteiger charge is -2.51. The molecule has 0 saturated carbocycles. The fourth-order valence-corrected chi connectivity index (χ4v) is 2.77. The number of nitrogens with one attached hydrogen (secondary N) is 1. The minimum Gasteiger partial charge on any atom is -0.383 e. The van der Waals surface area contributed by atoms with Crippen molar-refractivity contribution >= 4 is 0 Å². The summed E-state index contributed by atoms with van der Waals surface area (Å²) in [6.07, 6.45) is 1.18. The van der Waals surface area contributed by atoms with Gasteiger partial charge in [0.1, 0.15) is 0 Å². The molecule has 17 heavy (non-hydrogen) atoms. The molecule has 1 fully saturated rings. The van der Waals surface area contributed by atoms with Crippen LogP contribution in [0.3, 0.4) is 0 Å². The number of hydrogen-bond donors (Lipinski definition) is 1. The highest BCUT2D eigenvalue weighted by atomic mass is 16.5. The molecule has 0 bridgehead atoms. The van der Waals surface area contributed by atoms with E-state index in [0.29, 0.717) is 18.0 Å². The van der Waals surface area contributed by atoms with Gasteiger partial charge in [-0.3, -0.25) is 4.90 Å². The molecular weight excluding hydrogens is 212 g/mol. The minimum absolute atomic E-state index is 0.267. The Morgan fingerprint density at radius 2 is 2.06 bits per heavy atom. The largest absolute Gasteiger partial charge is 0.383 e. The molecule has 1 saturated heterocycles. The second kappa shape index (κ2) is 6.17. The van der Waals surface area contributed by atoms with E-state index in [4.69, 9.17) is 4.74 Å². The van der Waals surface area contributed by atoms with Gasteiger partial charge in [-0.25, -0.2) is 0 Å². The number of rotatable bonds is 5. The van der Waals surface area contributed by atoms with E-state index in [2.05, 4.69) is 44.8 Å². The van der Waals surface area contributed by atoms with Gasteiger partial charge in [0.25, 0.3) is 0 Å². The van der Waals surface area contributed by atoms with E-state index in [0.717, 1.165) is 19.7 Å². The molecule has 3 nitrogen and oxygen atoms in total. The summed E-state index contributed by atoms with van der Waals surface area (Å²) in [6, 6.07) is 1.10. The summed E-state index contributed by atoms with van der Waals surface area (Å²) in [5.74, 6) is 0.689. The highest BCUT2D eigenvalue weighted by Crippen LogP contribution is 2.27. The molecule has 0 aromatic carbocycles. The van der Waals surface area contributed by atoms with Crippen LogP contribution < -0.4 is 5.32 Å². The minimum atomic E-state index is 0.267. The molecule has 0 radical (unpaired) electrons. The maximum Gasteiger partial charge on any atom is 0.0615 e. The van der Waals surface area contributed by atoms with Gasteiger partial charge < -0.3 is 10.1 Å². The molecule has 1 aliphatic heterocycles. The van der Waals surface area contributed by atoms with Crippen molar-refractivity contribution in [1.29, 1.82) is 0 Å². The summed E-state index contributed by atoms with van der Waals surface area (Å²) in [6.45, 7) is 14.6. The first-order chi connectivity index (χ1) is 7.94. The van der Waals surface area contributed by atoms with Gasteiger partial charge in [-0.05, 0) is 26.2 Å². The lowest BCUT2D eigenvalue weighted by atomic mass is 9.88. The lowest BCUT2D eigenvalue weighted by molar-refractivity contribution is -0.0177. The second-order valence-electron chi connectivity index (χ2n) is 6.04.